The van der Waals surface area contributed by atoms with Crippen LogP contribution in [0.15, 0.2) is 0 Å². The summed E-state index contributed by atoms with van der Waals surface area (Å²) in [5.41, 5.74) is -1.31. The Kier molecular flexibility index (Phi) is 3.89. The molecular formula is C21H32O4. The number of fused-ring (bicyclic) bond motifs is 5. The van der Waals surface area contributed by atoms with Gasteiger partial charge in [0.2, 0.25) is 0 Å². The number of carbonyl (C=O) groups excluding carboxylic acids is 2. The second-order valence-corrected chi connectivity index (χ2v) is 9.69. The van der Waals surface area contributed by atoms with Gasteiger partial charge < -0.3 is 9.84 Å². The molecule has 4 aliphatic rings. The van der Waals surface area contributed by atoms with Crippen LogP contribution in [0.4, 0.5) is 0 Å². The first kappa shape index (κ1) is 17.5. The maximum Gasteiger partial charge on any atom is 0.302 e. The largest absolute Gasteiger partial charge is 0.462 e. The third kappa shape index (κ3) is 2.22. The highest BCUT2D eigenvalue weighted by molar-refractivity contribution is 5.89. The second-order valence-electron chi connectivity index (χ2n) is 9.69. The van der Waals surface area contributed by atoms with Gasteiger partial charge in [0, 0.05) is 24.2 Å². The molecule has 4 heteroatoms. The number of hydrogen-bond donors (Lipinski definition) is 1. The van der Waals surface area contributed by atoms with Crippen LogP contribution in [-0.2, 0) is 14.3 Å². The zero-order chi connectivity index (χ0) is 18.0. The van der Waals surface area contributed by atoms with E-state index in [-0.39, 0.29) is 28.7 Å². The zero-order valence-corrected chi connectivity index (χ0v) is 15.8. The molecule has 4 saturated carbocycles. The van der Waals surface area contributed by atoms with Crippen LogP contribution in [0.2, 0.25) is 0 Å². The lowest BCUT2D eigenvalue weighted by atomic mass is 9.43. The molecule has 4 fully saturated rings. The van der Waals surface area contributed by atoms with E-state index >= 15 is 0 Å². The van der Waals surface area contributed by atoms with E-state index in [0.717, 1.165) is 44.9 Å². The summed E-state index contributed by atoms with van der Waals surface area (Å²) >= 11 is 0. The minimum absolute atomic E-state index is 0.0394. The van der Waals surface area contributed by atoms with Crippen molar-refractivity contribution < 1.29 is 19.4 Å². The summed E-state index contributed by atoms with van der Waals surface area (Å²) in [7, 11) is 0. The van der Waals surface area contributed by atoms with Crippen molar-refractivity contribution in [2.75, 3.05) is 0 Å². The summed E-state index contributed by atoms with van der Waals surface area (Å²) in [5.74, 6) is 1.43. The molecule has 4 rings (SSSR count). The third-order valence-electron chi connectivity index (χ3n) is 8.82. The van der Waals surface area contributed by atoms with Crippen molar-refractivity contribution in [3.63, 3.8) is 0 Å². The SMILES string of the molecule is CC(=O)OC1CC[C@H]2[C@@H]3CCC4(O)C(=O)CCC[C@]4(C)[C@H]3CC[C@]12C. The van der Waals surface area contributed by atoms with Gasteiger partial charge in [-0.05, 0) is 69.1 Å². The lowest BCUT2D eigenvalue weighted by molar-refractivity contribution is -0.206. The fraction of sp³-hybridized carbons (Fsp3) is 0.905. The molecule has 0 bridgehead atoms. The molecule has 0 aromatic carbocycles. The molecule has 0 radical (unpaired) electrons. The first-order chi connectivity index (χ1) is 11.7. The number of rotatable bonds is 1. The van der Waals surface area contributed by atoms with Gasteiger partial charge in [0.25, 0.3) is 0 Å². The molecule has 0 aromatic heterocycles. The van der Waals surface area contributed by atoms with Gasteiger partial charge in [-0.1, -0.05) is 13.8 Å². The average molecular weight is 348 g/mol. The Bertz CT molecular complexity index is 601. The van der Waals surface area contributed by atoms with E-state index in [0.29, 0.717) is 30.6 Å². The maximum absolute atomic E-state index is 12.6. The highest BCUT2D eigenvalue weighted by Gasteiger charge is 2.66. The highest BCUT2D eigenvalue weighted by Crippen LogP contribution is 2.67. The fourth-order valence-corrected chi connectivity index (χ4v) is 7.47. The molecule has 1 N–H and O–H groups in total. The smallest absolute Gasteiger partial charge is 0.302 e. The van der Waals surface area contributed by atoms with E-state index in [4.69, 9.17) is 4.74 Å². The Morgan fingerprint density at radius 1 is 1.08 bits per heavy atom. The van der Waals surface area contributed by atoms with Gasteiger partial charge in [0.05, 0.1) is 0 Å². The quantitative estimate of drug-likeness (QED) is 0.735. The minimum atomic E-state index is -1.10. The molecule has 0 spiro atoms. The predicted molar refractivity (Wildman–Crippen MR) is 93.7 cm³/mol. The minimum Gasteiger partial charge on any atom is -0.462 e. The molecule has 25 heavy (non-hydrogen) atoms. The van der Waals surface area contributed by atoms with Crippen LogP contribution in [0.1, 0.15) is 78.6 Å². The number of aliphatic hydroxyl groups is 1. The van der Waals surface area contributed by atoms with Crippen LogP contribution in [0, 0.1) is 28.6 Å². The van der Waals surface area contributed by atoms with Crippen LogP contribution < -0.4 is 0 Å². The number of ketones is 1. The van der Waals surface area contributed by atoms with Gasteiger partial charge in [0.1, 0.15) is 11.7 Å². The molecular weight excluding hydrogens is 316 g/mol. The molecule has 7 atom stereocenters. The van der Waals surface area contributed by atoms with Gasteiger partial charge in [-0.25, -0.2) is 0 Å². The molecule has 2 unspecified atom stereocenters. The summed E-state index contributed by atoms with van der Waals surface area (Å²) in [6.45, 7) is 6.00. The van der Waals surface area contributed by atoms with Crippen molar-refractivity contribution in [3.05, 3.63) is 0 Å². The molecule has 0 aliphatic heterocycles. The van der Waals surface area contributed by atoms with Crippen molar-refractivity contribution in [3.8, 4) is 0 Å². The Labute approximate surface area is 150 Å². The van der Waals surface area contributed by atoms with Gasteiger partial charge in [-0.15, -0.1) is 0 Å². The van der Waals surface area contributed by atoms with Crippen molar-refractivity contribution in [2.24, 2.45) is 28.6 Å². The Morgan fingerprint density at radius 3 is 2.56 bits per heavy atom. The van der Waals surface area contributed by atoms with Crippen LogP contribution >= 0.6 is 0 Å². The van der Waals surface area contributed by atoms with E-state index in [9.17, 15) is 14.7 Å². The van der Waals surface area contributed by atoms with Crippen molar-refractivity contribution in [1.29, 1.82) is 0 Å². The lowest BCUT2D eigenvalue weighted by Gasteiger charge is -2.62. The zero-order valence-electron chi connectivity index (χ0n) is 15.8. The topological polar surface area (TPSA) is 63.6 Å². The lowest BCUT2D eigenvalue weighted by Crippen LogP contribution is -2.65. The van der Waals surface area contributed by atoms with Gasteiger partial charge in [-0.2, -0.15) is 0 Å². The normalized spacial score (nSPS) is 52.1. The number of carbonyl (C=O) groups is 2. The average Bonchev–Trinajstić information content (AvgIpc) is 2.86. The van der Waals surface area contributed by atoms with Crippen molar-refractivity contribution >= 4 is 11.8 Å². The number of ether oxygens (including phenoxy) is 1. The highest BCUT2D eigenvalue weighted by atomic mass is 16.5. The molecule has 0 saturated heterocycles. The molecule has 0 heterocycles. The third-order valence-corrected chi connectivity index (χ3v) is 8.82. The standard InChI is InChI=1S/C21H32O4/c1-13(22)25-18-7-6-15-14-8-12-21(24)17(23)5-4-10-20(21,3)16(14)9-11-19(15,18)2/h14-16,18,24H,4-12H2,1-3H3/t14-,15-,16-,18?,19-,20+,21?/m0/s1. The number of hydrogen-bond acceptors (Lipinski definition) is 4. The first-order valence-corrected chi connectivity index (χ1v) is 10.2. The summed E-state index contributed by atoms with van der Waals surface area (Å²) in [5, 5.41) is 11.3. The second kappa shape index (κ2) is 5.55. The van der Waals surface area contributed by atoms with E-state index in [2.05, 4.69) is 13.8 Å². The van der Waals surface area contributed by atoms with E-state index in [1.54, 1.807) is 0 Å². The van der Waals surface area contributed by atoms with Crippen molar-refractivity contribution in [1.82, 2.24) is 0 Å². The van der Waals surface area contributed by atoms with Crippen molar-refractivity contribution in [2.45, 2.75) is 90.3 Å². The molecule has 140 valence electrons. The Morgan fingerprint density at radius 2 is 1.84 bits per heavy atom. The Balaban J connectivity index is 1.64. The first-order valence-electron chi connectivity index (χ1n) is 10.2. The summed E-state index contributed by atoms with van der Waals surface area (Å²) < 4.78 is 5.69. The maximum atomic E-state index is 12.6. The molecule has 0 aromatic rings. The fourth-order valence-electron chi connectivity index (χ4n) is 7.47. The van der Waals surface area contributed by atoms with Crippen LogP contribution in [0.25, 0.3) is 0 Å². The van der Waals surface area contributed by atoms with E-state index in [1.165, 1.54) is 6.92 Å². The van der Waals surface area contributed by atoms with Crippen LogP contribution in [-0.4, -0.2) is 28.6 Å². The monoisotopic (exact) mass is 348 g/mol. The predicted octanol–water partition coefficient (Wildman–Crippen LogP) is 3.64. The van der Waals surface area contributed by atoms with E-state index < -0.39 is 5.60 Å². The number of esters is 1. The van der Waals surface area contributed by atoms with E-state index in [1.807, 2.05) is 0 Å². The van der Waals surface area contributed by atoms with Gasteiger partial charge >= 0.3 is 5.97 Å². The van der Waals surface area contributed by atoms with Gasteiger partial charge in [0.15, 0.2) is 5.78 Å². The Hall–Kier alpha value is -0.900. The van der Waals surface area contributed by atoms with Gasteiger partial charge in [-0.3, -0.25) is 9.59 Å². The van der Waals surface area contributed by atoms with Crippen LogP contribution in [0.5, 0.6) is 0 Å². The summed E-state index contributed by atoms with van der Waals surface area (Å²) in [4.78, 5) is 24.1. The summed E-state index contributed by atoms with van der Waals surface area (Å²) in [6, 6.07) is 0. The molecule has 4 aliphatic carbocycles. The van der Waals surface area contributed by atoms with Crippen LogP contribution in [0.3, 0.4) is 0 Å². The molecule has 4 nitrogen and oxygen atoms in total. The summed E-state index contributed by atoms with van der Waals surface area (Å²) in [6.07, 6.45) is 8.17. The molecule has 0 amide bonds. The number of Topliss-reactive ketones (excluding diaryl/α,β-unsaturated/α-hetero) is 1.